The van der Waals surface area contributed by atoms with Crippen LogP contribution in [0.15, 0.2) is 0 Å². The second-order valence-electron chi connectivity index (χ2n) is 6.54. The van der Waals surface area contributed by atoms with Crippen LogP contribution in [0.5, 0.6) is 0 Å². The summed E-state index contributed by atoms with van der Waals surface area (Å²) >= 11 is 0. The molecule has 1 aliphatic heterocycles. The van der Waals surface area contributed by atoms with Crippen molar-refractivity contribution in [2.45, 2.75) is 78.1 Å². The zero-order chi connectivity index (χ0) is 13.8. The summed E-state index contributed by atoms with van der Waals surface area (Å²) in [6.45, 7) is 8.10. The standard InChI is InChI=1S/C17H34O2/c1-3-4-5-6-7-8-9-10-11-12-13-18-14-17(2)15-19-16-17/h3-16H2,1-2H3. The largest absolute Gasteiger partial charge is 0.381 e. The molecule has 2 heteroatoms. The van der Waals surface area contributed by atoms with E-state index >= 15 is 0 Å². The molecule has 1 heterocycles. The van der Waals surface area contributed by atoms with Gasteiger partial charge in [-0.25, -0.2) is 0 Å². The maximum absolute atomic E-state index is 5.73. The molecular weight excluding hydrogens is 236 g/mol. The molecule has 2 nitrogen and oxygen atoms in total. The van der Waals surface area contributed by atoms with E-state index in [0.717, 1.165) is 26.4 Å². The van der Waals surface area contributed by atoms with Crippen LogP contribution in [0.1, 0.15) is 78.1 Å². The smallest absolute Gasteiger partial charge is 0.0564 e. The fourth-order valence-electron chi connectivity index (χ4n) is 2.54. The van der Waals surface area contributed by atoms with Gasteiger partial charge in [0, 0.05) is 12.0 Å². The van der Waals surface area contributed by atoms with E-state index in [1.54, 1.807) is 0 Å². The van der Waals surface area contributed by atoms with Crippen LogP contribution in [0.2, 0.25) is 0 Å². The Labute approximate surface area is 120 Å². The fourth-order valence-corrected chi connectivity index (χ4v) is 2.54. The monoisotopic (exact) mass is 270 g/mol. The number of hydrogen-bond acceptors (Lipinski definition) is 2. The van der Waals surface area contributed by atoms with Gasteiger partial charge in [0.15, 0.2) is 0 Å². The van der Waals surface area contributed by atoms with E-state index in [0.29, 0.717) is 5.41 Å². The third kappa shape index (κ3) is 8.65. The molecule has 0 aromatic heterocycles. The summed E-state index contributed by atoms with van der Waals surface area (Å²) in [5, 5.41) is 0. The Morgan fingerprint density at radius 3 is 1.84 bits per heavy atom. The molecule has 114 valence electrons. The average molecular weight is 270 g/mol. The van der Waals surface area contributed by atoms with Gasteiger partial charge < -0.3 is 9.47 Å². The van der Waals surface area contributed by atoms with Gasteiger partial charge >= 0.3 is 0 Å². The Balaban J connectivity index is 1.69. The molecule has 0 N–H and O–H groups in total. The third-order valence-electron chi connectivity index (χ3n) is 3.99. The molecule has 19 heavy (non-hydrogen) atoms. The van der Waals surface area contributed by atoms with Gasteiger partial charge in [0.25, 0.3) is 0 Å². The molecule has 0 saturated carbocycles. The molecule has 0 atom stereocenters. The Morgan fingerprint density at radius 1 is 0.842 bits per heavy atom. The van der Waals surface area contributed by atoms with E-state index in [1.165, 1.54) is 64.2 Å². The highest BCUT2D eigenvalue weighted by molar-refractivity contribution is 4.79. The van der Waals surface area contributed by atoms with E-state index in [-0.39, 0.29) is 0 Å². The SMILES string of the molecule is CCCCCCCCCCCCOCC1(C)COC1. The predicted octanol–water partition coefficient (Wildman–Crippen LogP) is 4.96. The minimum atomic E-state index is 0.318. The van der Waals surface area contributed by atoms with Crippen molar-refractivity contribution < 1.29 is 9.47 Å². The zero-order valence-corrected chi connectivity index (χ0v) is 13.2. The molecule has 0 unspecified atom stereocenters. The Bertz CT molecular complexity index is 199. The van der Waals surface area contributed by atoms with E-state index in [4.69, 9.17) is 9.47 Å². The van der Waals surface area contributed by atoms with Crippen molar-refractivity contribution in [2.75, 3.05) is 26.4 Å². The van der Waals surface area contributed by atoms with E-state index in [9.17, 15) is 0 Å². The first-order valence-corrected chi connectivity index (χ1v) is 8.42. The van der Waals surface area contributed by atoms with Crippen molar-refractivity contribution >= 4 is 0 Å². The van der Waals surface area contributed by atoms with Crippen molar-refractivity contribution in [1.82, 2.24) is 0 Å². The lowest BCUT2D eigenvalue weighted by Gasteiger charge is -2.37. The lowest BCUT2D eigenvalue weighted by atomic mass is 9.90. The maximum Gasteiger partial charge on any atom is 0.0564 e. The molecule has 1 rings (SSSR count). The highest BCUT2D eigenvalue weighted by atomic mass is 16.5. The Hall–Kier alpha value is -0.0800. The van der Waals surface area contributed by atoms with Crippen LogP contribution >= 0.6 is 0 Å². The van der Waals surface area contributed by atoms with Gasteiger partial charge in [-0.2, -0.15) is 0 Å². The number of hydrogen-bond donors (Lipinski definition) is 0. The van der Waals surface area contributed by atoms with Crippen molar-refractivity contribution in [2.24, 2.45) is 5.41 Å². The first-order valence-electron chi connectivity index (χ1n) is 8.42. The molecule has 0 bridgehead atoms. The van der Waals surface area contributed by atoms with Gasteiger partial charge in [-0.3, -0.25) is 0 Å². The summed E-state index contributed by atoms with van der Waals surface area (Å²) in [6.07, 6.45) is 13.9. The lowest BCUT2D eigenvalue weighted by Crippen LogP contribution is -2.43. The van der Waals surface area contributed by atoms with Gasteiger partial charge in [0.2, 0.25) is 0 Å². The lowest BCUT2D eigenvalue weighted by molar-refractivity contribution is -0.137. The molecular formula is C17H34O2. The van der Waals surface area contributed by atoms with E-state index in [2.05, 4.69) is 13.8 Å². The minimum Gasteiger partial charge on any atom is -0.381 e. The zero-order valence-electron chi connectivity index (χ0n) is 13.2. The van der Waals surface area contributed by atoms with Crippen LogP contribution in [-0.2, 0) is 9.47 Å². The summed E-state index contributed by atoms with van der Waals surface area (Å²) in [4.78, 5) is 0. The van der Waals surface area contributed by atoms with E-state index < -0.39 is 0 Å². The van der Waals surface area contributed by atoms with Crippen LogP contribution in [-0.4, -0.2) is 26.4 Å². The molecule has 1 saturated heterocycles. The van der Waals surface area contributed by atoms with Gasteiger partial charge in [-0.1, -0.05) is 71.6 Å². The highest BCUT2D eigenvalue weighted by Gasteiger charge is 2.33. The summed E-state index contributed by atoms with van der Waals surface area (Å²) in [5.74, 6) is 0. The third-order valence-corrected chi connectivity index (χ3v) is 3.99. The van der Waals surface area contributed by atoms with Crippen LogP contribution in [0.4, 0.5) is 0 Å². The molecule has 0 spiro atoms. The summed E-state index contributed by atoms with van der Waals surface area (Å²) in [7, 11) is 0. The number of ether oxygens (including phenoxy) is 2. The van der Waals surface area contributed by atoms with Gasteiger partial charge in [0.05, 0.1) is 19.8 Å². The van der Waals surface area contributed by atoms with Crippen LogP contribution < -0.4 is 0 Å². The van der Waals surface area contributed by atoms with Crippen LogP contribution in [0, 0.1) is 5.41 Å². The fraction of sp³-hybridized carbons (Fsp3) is 1.00. The topological polar surface area (TPSA) is 18.5 Å². The molecule has 1 fully saturated rings. The first kappa shape index (κ1) is 17.0. The minimum absolute atomic E-state index is 0.318. The number of rotatable bonds is 13. The molecule has 0 amide bonds. The number of unbranched alkanes of at least 4 members (excludes halogenated alkanes) is 9. The molecule has 0 radical (unpaired) electrons. The van der Waals surface area contributed by atoms with Gasteiger partial charge in [-0.15, -0.1) is 0 Å². The molecule has 0 aliphatic carbocycles. The van der Waals surface area contributed by atoms with E-state index in [1.807, 2.05) is 0 Å². The average Bonchev–Trinajstić information content (AvgIpc) is 2.38. The Morgan fingerprint density at radius 2 is 1.37 bits per heavy atom. The Kier molecular flexibility index (Phi) is 9.54. The van der Waals surface area contributed by atoms with Crippen LogP contribution in [0.25, 0.3) is 0 Å². The van der Waals surface area contributed by atoms with Crippen molar-refractivity contribution in [3.63, 3.8) is 0 Å². The van der Waals surface area contributed by atoms with Crippen LogP contribution in [0.3, 0.4) is 0 Å². The normalized spacial score (nSPS) is 17.4. The summed E-state index contributed by atoms with van der Waals surface area (Å²) < 4.78 is 10.9. The molecule has 1 aliphatic rings. The van der Waals surface area contributed by atoms with Crippen molar-refractivity contribution in [3.8, 4) is 0 Å². The highest BCUT2D eigenvalue weighted by Crippen LogP contribution is 2.26. The summed E-state index contributed by atoms with van der Waals surface area (Å²) in [6, 6.07) is 0. The summed E-state index contributed by atoms with van der Waals surface area (Å²) in [5.41, 5.74) is 0.318. The second-order valence-corrected chi connectivity index (χ2v) is 6.54. The first-order chi connectivity index (χ1) is 9.27. The maximum atomic E-state index is 5.73. The van der Waals surface area contributed by atoms with Gasteiger partial charge in [0.1, 0.15) is 0 Å². The quantitative estimate of drug-likeness (QED) is 0.440. The predicted molar refractivity (Wildman–Crippen MR) is 81.6 cm³/mol. The molecule has 0 aromatic rings. The van der Waals surface area contributed by atoms with Crippen molar-refractivity contribution in [1.29, 1.82) is 0 Å². The molecule has 0 aromatic carbocycles. The second kappa shape index (κ2) is 10.7. The van der Waals surface area contributed by atoms with Crippen molar-refractivity contribution in [3.05, 3.63) is 0 Å². The van der Waals surface area contributed by atoms with Gasteiger partial charge in [-0.05, 0) is 6.42 Å².